The first kappa shape index (κ1) is 10.3. The van der Waals surface area contributed by atoms with Crippen molar-refractivity contribution in [2.24, 2.45) is 5.73 Å². The highest BCUT2D eigenvalue weighted by atomic mass is 16.5. The summed E-state index contributed by atoms with van der Waals surface area (Å²) >= 11 is 0. The molecule has 0 aliphatic rings. The summed E-state index contributed by atoms with van der Waals surface area (Å²) < 4.78 is 10.2. The van der Waals surface area contributed by atoms with Gasteiger partial charge in [-0.2, -0.15) is 0 Å². The fraction of sp³-hybridized carbons (Fsp3) is 0.333. The van der Waals surface area contributed by atoms with E-state index in [4.69, 9.17) is 20.6 Å². The van der Waals surface area contributed by atoms with Gasteiger partial charge in [0, 0.05) is 12.0 Å². The third kappa shape index (κ3) is 2.12. The summed E-state index contributed by atoms with van der Waals surface area (Å²) in [5.74, 6) is 1.23. The van der Waals surface area contributed by atoms with Gasteiger partial charge in [0.1, 0.15) is 11.5 Å². The van der Waals surface area contributed by atoms with Gasteiger partial charge < -0.3 is 15.2 Å². The van der Waals surface area contributed by atoms with Crippen molar-refractivity contribution in [1.29, 1.82) is 5.41 Å². The molecule has 1 aromatic rings. The molecule has 0 amide bonds. The molecule has 0 saturated heterocycles. The third-order valence-electron chi connectivity index (χ3n) is 1.79. The van der Waals surface area contributed by atoms with Gasteiger partial charge in [-0.1, -0.05) is 0 Å². The summed E-state index contributed by atoms with van der Waals surface area (Å²) in [4.78, 5) is 3.93. The first-order valence-corrected chi connectivity index (χ1v) is 4.06. The van der Waals surface area contributed by atoms with Crippen LogP contribution in [0.2, 0.25) is 0 Å². The highest BCUT2D eigenvalue weighted by Gasteiger charge is 2.11. The molecule has 0 saturated carbocycles. The SMILES string of the molecule is COc1cncc(OC)c1CC(=N)N. The van der Waals surface area contributed by atoms with Crippen LogP contribution < -0.4 is 15.2 Å². The number of ether oxygens (including phenoxy) is 2. The summed E-state index contributed by atoms with van der Waals surface area (Å²) in [5, 5.41) is 7.22. The molecule has 0 unspecified atom stereocenters. The topological polar surface area (TPSA) is 81.2 Å². The quantitative estimate of drug-likeness (QED) is 0.544. The molecule has 14 heavy (non-hydrogen) atoms. The Hall–Kier alpha value is -1.78. The molecule has 0 radical (unpaired) electrons. The molecule has 0 aliphatic carbocycles. The number of hydrogen-bond donors (Lipinski definition) is 2. The maximum atomic E-state index is 7.22. The number of rotatable bonds is 4. The molecule has 0 spiro atoms. The number of nitrogens with zero attached hydrogens (tertiary/aromatic N) is 1. The number of amidine groups is 1. The van der Waals surface area contributed by atoms with Gasteiger partial charge in [-0.05, 0) is 0 Å². The average molecular weight is 195 g/mol. The van der Waals surface area contributed by atoms with Gasteiger partial charge in [-0.25, -0.2) is 0 Å². The van der Waals surface area contributed by atoms with Crippen LogP contribution >= 0.6 is 0 Å². The Bertz CT molecular complexity index is 317. The molecular formula is C9H13N3O2. The summed E-state index contributed by atoms with van der Waals surface area (Å²) in [6.07, 6.45) is 3.44. The van der Waals surface area contributed by atoms with Gasteiger partial charge in [-0.3, -0.25) is 10.4 Å². The van der Waals surface area contributed by atoms with E-state index in [0.717, 1.165) is 5.56 Å². The number of aromatic nitrogens is 1. The van der Waals surface area contributed by atoms with Crippen LogP contribution in [0.3, 0.4) is 0 Å². The van der Waals surface area contributed by atoms with E-state index in [1.807, 2.05) is 0 Å². The first-order chi connectivity index (χ1) is 6.69. The number of methoxy groups -OCH3 is 2. The maximum Gasteiger partial charge on any atom is 0.144 e. The second kappa shape index (κ2) is 4.45. The lowest BCUT2D eigenvalue weighted by molar-refractivity contribution is 0.384. The van der Waals surface area contributed by atoms with Crippen molar-refractivity contribution >= 4 is 5.84 Å². The van der Waals surface area contributed by atoms with Gasteiger partial charge in [0.15, 0.2) is 0 Å². The van der Waals surface area contributed by atoms with Crippen LogP contribution in [0.15, 0.2) is 12.4 Å². The smallest absolute Gasteiger partial charge is 0.144 e. The fourth-order valence-corrected chi connectivity index (χ4v) is 1.17. The minimum Gasteiger partial charge on any atom is -0.495 e. The highest BCUT2D eigenvalue weighted by Crippen LogP contribution is 2.26. The van der Waals surface area contributed by atoms with Gasteiger partial charge in [-0.15, -0.1) is 0 Å². The molecule has 76 valence electrons. The predicted molar refractivity (Wildman–Crippen MR) is 53.0 cm³/mol. The predicted octanol–water partition coefficient (Wildman–Crippen LogP) is 0.577. The van der Waals surface area contributed by atoms with E-state index in [0.29, 0.717) is 17.9 Å². The molecule has 0 aromatic carbocycles. The van der Waals surface area contributed by atoms with Gasteiger partial charge >= 0.3 is 0 Å². The Morgan fingerprint density at radius 2 is 1.86 bits per heavy atom. The fourth-order valence-electron chi connectivity index (χ4n) is 1.17. The van der Waals surface area contributed by atoms with Crippen LogP contribution in [-0.4, -0.2) is 25.0 Å². The van der Waals surface area contributed by atoms with Crippen molar-refractivity contribution in [2.75, 3.05) is 14.2 Å². The van der Waals surface area contributed by atoms with Crippen LogP contribution in [0.4, 0.5) is 0 Å². The van der Waals surface area contributed by atoms with Crippen molar-refractivity contribution in [2.45, 2.75) is 6.42 Å². The van der Waals surface area contributed by atoms with E-state index in [1.54, 1.807) is 26.6 Å². The molecule has 1 heterocycles. The van der Waals surface area contributed by atoms with E-state index >= 15 is 0 Å². The van der Waals surface area contributed by atoms with Crippen molar-refractivity contribution in [1.82, 2.24) is 4.98 Å². The number of pyridine rings is 1. The van der Waals surface area contributed by atoms with E-state index in [9.17, 15) is 0 Å². The van der Waals surface area contributed by atoms with E-state index in [2.05, 4.69) is 4.98 Å². The molecule has 3 N–H and O–H groups in total. The third-order valence-corrected chi connectivity index (χ3v) is 1.79. The largest absolute Gasteiger partial charge is 0.495 e. The van der Waals surface area contributed by atoms with Crippen molar-refractivity contribution in [3.63, 3.8) is 0 Å². The molecule has 5 nitrogen and oxygen atoms in total. The van der Waals surface area contributed by atoms with Gasteiger partial charge in [0.25, 0.3) is 0 Å². The lowest BCUT2D eigenvalue weighted by Gasteiger charge is -2.11. The van der Waals surface area contributed by atoms with E-state index < -0.39 is 0 Å². The normalized spacial score (nSPS) is 9.57. The molecule has 1 aromatic heterocycles. The zero-order chi connectivity index (χ0) is 10.6. The minimum atomic E-state index is 0.0628. The molecule has 0 fully saturated rings. The second-order valence-electron chi connectivity index (χ2n) is 2.72. The lowest BCUT2D eigenvalue weighted by Crippen LogP contribution is -2.14. The van der Waals surface area contributed by atoms with Gasteiger partial charge in [0.05, 0.1) is 32.4 Å². The second-order valence-corrected chi connectivity index (χ2v) is 2.72. The maximum absolute atomic E-state index is 7.22. The van der Waals surface area contributed by atoms with Crippen LogP contribution in [-0.2, 0) is 6.42 Å². The molecule has 1 rings (SSSR count). The Kier molecular flexibility index (Phi) is 3.28. The Balaban J connectivity index is 3.12. The highest BCUT2D eigenvalue weighted by molar-refractivity contribution is 5.81. The Morgan fingerprint density at radius 1 is 1.36 bits per heavy atom. The first-order valence-electron chi connectivity index (χ1n) is 4.06. The molecule has 0 bridgehead atoms. The van der Waals surface area contributed by atoms with Crippen LogP contribution in [0.5, 0.6) is 11.5 Å². The van der Waals surface area contributed by atoms with Crippen molar-refractivity contribution in [3.05, 3.63) is 18.0 Å². The summed E-state index contributed by atoms with van der Waals surface area (Å²) in [6.45, 7) is 0. The molecule has 0 aliphatic heterocycles. The monoisotopic (exact) mass is 195 g/mol. The number of nitrogens with one attached hydrogen (secondary N) is 1. The van der Waals surface area contributed by atoms with E-state index in [1.165, 1.54) is 0 Å². The van der Waals surface area contributed by atoms with Gasteiger partial charge in [0.2, 0.25) is 0 Å². The molecule has 0 atom stereocenters. The Labute approximate surface area is 82.4 Å². The zero-order valence-corrected chi connectivity index (χ0v) is 8.20. The summed E-state index contributed by atoms with van der Waals surface area (Å²) in [6, 6.07) is 0. The number of hydrogen-bond acceptors (Lipinski definition) is 4. The average Bonchev–Trinajstić information content (AvgIpc) is 2.17. The molecular weight excluding hydrogens is 182 g/mol. The van der Waals surface area contributed by atoms with Crippen LogP contribution in [0, 0.1) is 5.41 Å². The Morgan fingerprint density at radius 3 is 2.21 bits per heavy atom. The van der Waals surface area contributed by atoms with Crippen molar-refractivity contribution < 1.29 is 9.47 Å². The van der Waals surface area contributed by atoms with E-state index in [-0.39, 0.29) is 5.84 Å². The van der Waals surface area contributed by atoms with Crippen LogP contribution in [0.25, 0.3) is 0 Å². The van der Waals surface area contributed by atoms with Crippen molar-refractivity contribution in [3.8, 4) is 11.5 Å². The lowest BCUT2D eigenvalue weighted by atomic mass is 10.1. The number of nitrogens with two attached hydrogens (primary N) is 1. The zero-order valence-electron chi connectivity index (χ0n) is 8.20. The standard InChI is InChI=1S/C9H13N3O2/c1-13-7-4-12-5-8(14-2)6(7)3-9(10)11/h4-5H,3H2,1-2H3,(H3,10,11). The minimum absolute atomic E-state index is 0.0628. The van der Waals surface area contributed by atoms with Crippen LogP contribution in [0.1, 0.15) is 5.56 Å². The molecule has 5 heteroatoms. The summed E-state index contributed by atoms with van der Waals surface area (Å²) in [5.41, 5.74) is 6.07. The summed E-state index contributed by atoms with van der Waals surface area (Å²) in [7, 11) is 3.08.